The van der Waals surface area contributed by atoms with Crippen LogP contribution in [0.15, 0.2) is 48.5 Å². The van der Waals surface area contributed by atoms with Crippen LogP contribution in [-0.2, 0) is 16.0 Å². The average molecular weight is 322 g/mol. The highest BCUT2D eigenvalue weighted by molar-refractivity contribution is 6.04. The van der Waals surface area contributed by atoms with E-state index >= 15 is 0 Å². The highest BCUT2D eigenvalue weighted by Gasteiger charge is 2.30. The van der Waals surface area contributed by atoms with E-state index in [1.165, 1.54) is 0 Å². The summed E-state index contributed by atoms with van der Waals surface area (Å²) >= 11 is 0. The topological polar surface area (TPSA) is 75.3 Å². The van der Waals surface area contributed by atoms with Gasteiger partial charge in [-0.15, -0.1) is 0 Å². The van der Waals surface area contributed by atoms with Gasteiger partial charge in [0.05, 0.1) is 5.92 Å². The van der Waals surface area contributed by atoms with Crippen LogP contribution in [0, 0.1) is 12.8 Å². The van der Waals surface area contributed by atoms with Gasteiger partial charge in [-0.3, -0.25) is 19.7 Å². The smallest absolute Gasteiger partial charge is 0.255 e. The Morgan fingerprint density at radius 1 is 1.08 bits per heavy atom. The zero-order valence-corrected chi connectivity index (χ0v) is 13.3. The van der Waals surface area contributed by atoms with Crippen molar-refractivity contribution in [1.82, 2.24) is 5.32 Å². The summed E-state index contributed by atoms with van der Waals surface area (Å²) in [4.78, 5) is 35.0. The SMILES string of the molecule is Cc1ccc(C(=O)Nc2ccc(CC3CC(=O)NC3=O)cc2)cc1. The monoisotopic (exact) mass is 322 g/mol. The van der Waals surface area contributed by atoms with E-state index in [0.29, 0.717) is 17.7 Å². The molecule has 0 aliphatic carbocycles. The number of aryl methyl sites for hydroxylation is 1. The Morgan fingerprint density at radius 3 is 2.33 bits per heavy atom. The van der Waals surface area contributed by atoms with Crippen LogP contribution in [0.5, 0.6) is 0 Å². The molecule has 0 spiro atoms. The van der Waals surface area contributed by atoms with Crippen molar-refractivity contribution in [2.75, 3.05) is 5.32 Å². The zero-order chi connectivity index (χ0) is 17.1. The number of carbonyl (C=O) groups is 3. The van der Waals surface area contributed by atoms with Crippen molar-refractivity contribution in [3.05, 3.63) is 65.2 Å². The van der Waals surface area contributed by atoms with E-state index in [1.54, 1.807) is 24.3 Å². The second-order valence-electron chi connectivity index (χ2n) is 6.03. The van der Waals surface area contributed by atoms with Gasteiger partial charge >= 0.3 is 0 Å². The first-order chi connectivity index (χ1) is 11.5. The molecule has 1 aliphatic rings. The number of benzene rings is 2. The molecular weight excluding hydrogens is 304 g/mol. The summed E-state index contributed by atoms with van der Waals surface area (Å²) in [5.74, 6) is -0.891. The van der Waals surface area contributed by atoms with Crippen LogP contribution in [-0.4, -0.2) is 17.7 Å². The third-order valence-corrected chi connectivity index (χ3v) is 4.07. The lowest BCUT2D eigenvalue weighted by Crippen LogP contribution is -2.22. The van der Waals surface area contributed by atoms with Crippen molar-refractivity contribution in [3.8, 4) is 0 Å². The molecular formula is C19H18N2O3. The molecule has 1 aliphatic heterocycles. The number of rotatable bonds is 4. The summed E-state index contributed by atoms with van der Waals surface area (Å²) < 4.78 is 0. The number of hydrogen-bond donors (Lipinski definition) is 2. The molecule has 0 saturated carbocycles. The maximum absolute atomic E-state index is 12.2. The predicted octanol–water partition coefficient (Wildman–Crippen LogP) is 2.45. The third-order valence-electron chi connectivity index (χ3n) is 4.07. The van der Waals surface area contributed by atoms with E-state index in [2.05, 4.69) is 10.6 Å². The molecule has 5 nitrogen and oxygen atoms in total. The lowest BCUT2D eigenvalue weighted by molar-refractivity contribution is -0.125. The van der Waals surface area contributed by atoms with Crippen LogP contribution in [0.1, 0.15) is 27.9 Å². The van der Waals surface area contributed by atoms with Crippen molar-refractivity contribution in [2.24, 2.45) is 5.92 Å². The molecule has 1 saturated heterocycles. The first-order valence-electron chi connectivity index (χ1n) is 7.82. The first kappa shape index (κ1) is 15.9. The average Bonchev–Trinajstić information content (AvgIpc) is 2.87. The highest BCUT2D eigenvalue weighted by atomic mass is 16.2. The summed E-state index contributed by atoms with van der Waals surface area (Å²) in [7, 11) is 0. The van der Waals surface area contributed by atoms with Gasteiger partial charge in [0.1, 0.15) is 0 Å². The fraction of sp³-hybridized carbons (Fsp3) is 0.211. The van der Waals surface area contributed by atoms with E-state index < -0.39 is 0 Å². The van der Waals surface area contributed by atoms with Crippen molar-refractivity contribution >= 4 is 23.4 Å². The molecule has 2 N–H and O–H groups in total. The number of hydrogen-bond acceptors (Lipinski definition) is 3. The number of imide groups is 1. The zero-order valence-electron chi connectivity index (χ0n) is 13.3. The van der Waals surface area contributed by atoms with Crippen LogP contribution in [0.4, 0.5) is 5.69 Å². The third kappa shape index (κ3) is 3.68. The first-order valence-corrected chi connectivity index (χ1v) is 7.82. The molecule has 0 bridgehead atoms. The molecule has 1 atom stereocenters. The quantitative estimate of drug-likeness (QED) is 0.849. The van der Waals surface area contributed by atoms with E-state index in [0.717, 1.165) is 11.1 Å². The molecule has 1 unspecified atom stereocenters. The van der Waals surface area contributed by atoms with Gasteiger partial charge in [0, 0.05) is 17.7 Å². The Hall–Kier alpha value is -2.95. The predicted molar refractivity (Wildman–Crippen MR) is 90.5 cm³/mol. The van der Waals surface area contributed by atoms with Crippen molar-refractivity contribution in [3.63, 3.8) is 0 Å². The molecule has 1 fully saturated rings. The highest BCUT2D eigenvalue weighted by Crippen LogP contribution is 2.19. The summed E-state index contributed by atoms with van der Waals surface area (Å²) in [6, 6.07) is 14.7. The molecule has 3 rings (SSSR count). The number of nitrogens with one attached hydrogen (secondary N) is 2. The van der Waals surface area contributed by atoms with Gasteiger partial charge in [0.25, 0.3) is 5.91 Å². The van der Waals surface area contributed by atoms with Crippen molar-refractivity contribution in [1.29, 1.82) is 0 Å². The van der Waals surface area contributed by atoms with Crippen molar-refractivity contribution in [2.45, 2.75) is 19.8 Å². The fourth-order valence-corrected chi connectivity index (χ4v) is 2.69. The molecule has 2 aromatic carbocycles. The Labute approximate surface area is 140 Å². The summed E-state index contributed by atoms with van der Waals surface area (Å²) in [5.41, 5.74) is 3.35. The molecule has 5 heteroatoms. The molecule has 24 heavy (non-hydrogen) atoms. The molecule has 0 radical (unpaired) electrons. The molecule has 3 amide bonds. The van der Waals surface area contributed by atoms with Crippen LogP contribution < -0.4 is 10.6 Å². The molecule has 2 aromatic rings. The van der Waals surface area contributed by atoms with Gasteiger partial charge in [0.2, 0.25) is 11.8 Å². The van der Waals surface area contributed by atoms with E-state index in [1.807, 2.05) is 31.2 Å². The van der Waals surface area contributed by atoms with Gasteiger partial charge in [-0.1, -0.05) is 29.8 Å². The molecule has 122 valence electrons. The summed E-state index contributed by atoms with van der Waals surface area (Å²) in [5, 5.41) is 5.15. The standard InChI is InChI=1S/C19H18N2O3/c1-12-2-6-14(7-3-12)18(23)20-16-8-4-13(5-9-16)10-15-11-17(22)21-19(15)24/h2-9,15H,10-11H2,1H3,(H,20,23)(H,21,22,24). The number of anilines is 1. The van der Waals surface area contributed by atoms with Gasteiger partial charge in [-0.05, 0) is 43.2 Å². The normalized spacial score (nSPS) is 16.8. The van der Waals surface area contributed by atoms with Gasteiger partial charge < -0.3 is 5.32 Å². The second-order valence-corrected chi connectivity index (χ2v) is 6.03. The van der Waals surface area contributed by atoms with Crippen LogP contribution in [0.25, 0.3) is 0 Å². The molecule has 1 heterocycles. The lowest BCUT2D eigenvalue weighted by atomic mass is 9.98. The Bertz CT molecular complexity index is 779. The minimum absolute atomic E-state index is 0.163. The minimum Gasteiger partial charge on any atom is -0.322 e. The van der Waals surface area contributed by atoms with E-state index in [9.17, 15) is 14.4 Å². The Morgan fingerprint density at radius 2 is 1.75 bits per heavy atom. The van der Waals surface area contributed by atoms with E-state index in [-0.39, 0.29) is 30.1 Å². The lowest BCUT2D eigenvalue weighted by Gasteiger charge is -2.09. The Balaban J connectivity index is 1.62. The Kier molecular flexibility index (Phi) is 4.42. The second kappa shape index (κ2) is 6.66. The van der Waals surface area contributed by atoms with Gasteiger partial charge in [-0.2, -0.15) is 0 Å². The number of amides is 3. The van der Waals surface area contributed by atoms with Crippen LogP contribution in [0.2, 0.25) is 0 Å². The fourth-order valence-electron chi connectivity index (χ4n) is 2.69. The maximum Gasteiger partial charge on any atom is 0.255 e. The van der Waals surface area contributed by atoms with E-state index in [4.69, 9.17) is 0 Å². The number of carbonyl (C=O) groups excluding carboxylic acids is 3. The van der Waals surface area contributed by atoms with Crippen LogP contribution >= 0.6 is 0 Å². The summed E-state index contributed by atoms with van der Waals surface area (Å²) in [6.07, 6.45) is 0.758. The van der Waals surface area contributed by atoms with Crippen LogP contribution in [0.3, 0.4) is 0 Å². The maximum atomic E-state index is 12.2. The molecule has 0 aromatic heterocycles. The van der Waals surface area contributed by atoms with Crippen molar-refractivity contribution < 1.29 is 14.4 Å². The largest absolute Gasteiger partial charge is 0.322 e. The minimum atomic E-state index is -0.300. The summed E-state index contributed by atoms with van der Waals surface area (Å²) in [6.45, 7) is 1.97. The van der Waals surface area contributed by atoms with Gasteiger partial charge in [-0.25, -0.2) is 0 Å². The van der Waals surface area contributed by atoms with Gasteiger partial charge in [0.15, 0.2) is 0 Å².